The van der Waals surface area contributed by atoms with Gasteiger partial charge in [-0.25, -0.2) is 28.7 Å². The van der Waals surface area contributed by atoms with Crippen molar-refractivity contribution in [2.45, 2.75) is 38.8 Å². The van der Waals surface area contributed by atoms with Gasteiger partial charge in [0.2, 0.25) is 11.8 Å². The van der Waals surface area contributed by atoms with E-state index < -0.39 is 12.1 Å². The summed E-state index contributed by atoms with van der Waals surface area (Å²) in [5.41, 5.74) is 6.64. The Labute approximate surface area is 398 Å². The second-order valence-corrected chi connectivity index (χ2v) is 17.3. The van der Waals surface area contributed by atoms with Crippen LogP contribution in [0, 0.1) is 34.3 Å². The van der Waals surface area contributed by atoms with Gasteiger partial charge in [0.25, 0.3) is 0 Å². The number of fused-ring (bicyclic) bond motifs is 2. The molecular weight excluding hydrogens is 903 g/mol. The Morgan fingerprint density at radius 1 is 0.588 bits per heavy atom. The molecule has 0 spiro atoms. The molecule has 0 radical (unpaired) electrons. The zero-order chi connectivity index (χ0) is 47.6. The number of amides is 2. The van der Waals surface area contributed by atoms with E-state index in [1.807, 2.05) is 35.8 Å². The molecule has 0 saturated heterocycles. The molecule has 336 valence electrons. The Morgan fingerprint density at radius 2 is 0.985 bits per heavy atom. The molecule has 0 aliphatic carbocycles. The minimum absolute atomic E-state index is 0.0714. The van der Waals surface area contributed by atoms with Crippen molar-refractivity contribution in [2.75, 3.05) is 33.7 Å². The normalized spacial score (nSPS) is 15.2. The van der Waals surface area contributed by atoms with Gasteiger partial charge in [0.1, 0.15) is 35.1 Å². The molecule has 14 nitrogen and oxygen atoms in total. The van der Waals surface area contributed by atoms with Crippen LogP contribution in [0.15, 0.2) is 122 Å². The first-order chi connectivity index (χ1) is 33.0. The van der Waals surface area contributed by atoms with Crippen molar-refractivity contribution in [3.05, 3.63) is 145 Å². The minimum Gasteiger partial charge on any atom is -0.312 e. The molecule has 4 aromatic heterocycles. The molecule has 4 aromatic carbocycles. The molecule has 2 aliphatic rings. The molecule has 68 heavy (non-hydrogen) atoms. The number of carbonyl (C=O) groups is 2. The van der Waals surface area contributed by atoms with Gasteiger partial charge in [-0.2, -0.15) is 19.3 Å². The van der Waals surface area contributed by atoms with Crippen molar-refractivity contribution in [3.63, 3.8) is 0 Å². The maximum atomic E-state index is 13.4. The highest BCUT2D eigenvalue weighted by Crippen LogP contribution is 2.44. The molecule has 2 atom stereocenters. The highest BCUT2D eigenvalue weighted by atomic mass is 32.1. The van der Waals surface area contributed by atoms with Crippen molar-refractivity contribution < 1.29 is 18.4 Å². The number of likely N-dealkylation sites (N-methyl/N-ethyl adjacent to an activating group) is 2. The number of rotatable bonds is 8. The quantitative estimate of drug-likeness (QED) is 0.141. The minimum atomic E-state index is -0.480. The molecular formula is C50H38F2N12O2S2. The molecule has 0 saturated carbocycles. The van der Waals surface area contributed by atoms with E-state index in [4.69, 9.17) is 9.97 Å². The number of carbonyl (C=O) groups excluding carboxylic acids is 2. The van der Waals surface area contributed by atoms with E-state index >= 15 is 0 Å². The van der Waals surface area contributed by atoms with Crippen LogP contribution in [0.5, 0.6) is 0 Å². The fraction of sp³-hybridized carbons (Fsp3) is 0.160. The van der Waals surface area contributed by atoms with Crippen LogP contribution in [0.4, 0.5) is 43.2 Å². The molecule has 18 heteroatoms. The molecule has 0 unspecified atom stereocenters. The van der Waals surface area contributed by atoms with E-state index in [1.165, 1.54) is 47.3 Å². The Balaban J connectivity index is 0.000000170. The highest BCUT2D eigenvalue weighted by Gasteiger charge is 2.40. The Morgan fingerprint density at radius 3 is 1.35 bits per heavy atom. The van der Waals surface area contributed by atoms with Gasteiger partial charge in [0.05, 0.1) is 68.9 Å². The second kappa shape index (κ2) is 18.9. The summed E-state index contributed by atoms with van der Waals surface area (Å²) in [7, 11) is 3.43. The summed E-state index contributed by atoms with van der Waals surface area (Å²) >= 11 is 2.56. The van der Waals surface area contributed by atoms with Crippen LogP contribution in [-0.4, -0.2) is 66.7 Å². The number of nitrogens with zero attached hydrogens (tertiary/aromatic N) is 12. The molecule has 0 N–H and O–H groups in total. The van der Waals surface area contributed by atoms with Gasteiger partial charge in [-0.05, 0) is 108 Å². The largest absolute Gasteiger partial charge is 0.312 e. The van der Waals surface area contributed by atoms with Crippen molar-refractivity contribution in [1.29, 1.82) is 10.5 Å². The second-order valence-electron chi connectivity index (χ2n) is 15.7. The lowest BCUT2D eigenvalue weighted by Gasteiger charge is -2.40. The number of anilines is 6. The fourth-order valence-corrected chi connectivity index (χ4v) is 9.70. The standard InChI is InChI=1S/2C25H19FN6OS/c2*1-3-20-25(33)31(2)21-14-28-23(19-13-29-34-22(19)16-7-9-17(26)10-8-16)30-24(21)32(20)18-6-4-5-15(11-18)12-27/h2*4-11,13-14,20H,3H2,1-2H3/t2*20-/m10/s1. The molecule has 6 heterocycles. The maximum Gasteiger partial charge on any atom is 0.250 e. The summed E-state index contributed by atoms with van der Waals surface area (Å²) in [6, 6.07) is 30.0. The van der Waals surface area contributed by atoms with Crippen LogP contribution in [-0.2, 0) is 9.59 Å². The van der Waals surface area contributed by atoms with Crippen LogP contribution in [0.2, 0.25) is 0 Å². The molecule has 2 amide bonds. The van der Waals surface area contributed by atoms with E-state index in [1.54, 1.807) is 109 Å². The van der Waals surface area contributed by atoms with Crippen LogP contribution < -0.4 is 19.6 Å². The zero-order valence-corrected chi connectivity index (χ0v) is 38.5. The Bertz CT molecular complexity index is 3070. The van der Waals surface area contributed by atoms with Gasteiger partial charge >= 0.3 is 0 Å². The predicted octanol–water partition coefficient (Wildman–Crippen LogP) is 10.3. The van der Waals surface area contributed by atoms with Gasteiger partial charge in [-0.15, -0.1) is 0 Å². The Hall–Kier alpha value is -8.32. The lowest BCUT2D eigenvalue weighted by atomic mass is 10.0. The third-order valence-corrected chi connectivity index (χ3v) is 13.3. The molecule has 0 fully saturated rings. The lowest BCUT2D eigenvalue weighted by molar-refractivity contribution is -0.120. The number of halogens is 2. The van der Waals surface area contributed by atoms with E-state index in [0.717, 1.165) is 32.0 Å². The number of aromatic nitrogens is 6. The van der Waals surface area contributed by atoms with Crippen LogP contribution >= 0.6 is 23.1 Å². The van der Waals surface area contributed by atoms with Gasteiger partial charge < -0.3 is 19.6 Å². The van der Waals surface area contributed by atoms with Gasteiger partial charge in [0, 0.05) is 25.5 Å². The molecule has 0 bridgehead atoms. The molecule has 8 aromatic rings. The van der Waals surface area contributed by atoms with E-state index in [2.05, 4.69) is 30.9 Å². The Kier molecular flexibility index (Phi) is 12.5. The first-order valence-electron chi connectivity index (χ1n) is 21.3. The highest BCUT2D eigenvalue weighted by molar-refractivity contribution is 7.10. The summed E-state index contributed by atoms with van der Waals surface area (Å²) in [4.78, 5) is 53.7. The summed E-state index contributed by atoms with van der Waals surface area (Å²) in [6.45, 7) is 3.89. The smallest absolute Gasteiger partial charge is 0.250 e. The van der Waals surface area contributed by atoms with Crippen molar-refractivity contribution in [3.8, 4) is 55.8 Å². The third-order valence-electron chi connectivity index (χ3n) is 11.6. The van der Waals surface area contributed by atoms with Crippen molar-refractivity contribution in [1.82, 2.24) is 28.7 Å². The van der Waals surface area contributed by atoms with Gasteiger partial charge in [-0.3, -0.25) is 9.59 Å². The summed E-state index contributed by atoms with van der Waals surface area (Å²) in [6.07, 6.45) is 7.77. The van der Waals surface area contributed by atoms with Gasteiger partial charge in [0.15, 0.2) is 23.3 Å². The third kappa shape index (κ3) is 8.27. The van der Waals surface area contributed by atoms with Crippen LogP contribution in [0.25, 0.3) is 43.7 Å². The number of hydrogen-bond donors (Lipinski definition) is 0. The predicted molar refractivity (Wildman–Crippen MR) is 259 cm³/mol. The average molecular weight is 941 g/mol. The number of nitriles is 2. The fourth-order valence-electron chi connectivity index (χ4n) is 8.21. The van der Waals surface area contributed by atoms with E-state index in [9.17, 15) is 28.9 Å². The molecule has 10 rings (SSSR count). The molecule has 2 aliphatic heterocycles. The lowest BCUT2D eigenvalue weighted by Crippen LogP contribution is -2.50. The maximum absolute atomic E-state index is 13.4. The van der Waals surface area contributed by atoms with Gasteiger partial charge in [-0.1, -0.05) is 50.2 Å². The first-order valence-corrected chi connectivity index (χ1v) is 22.9. The number of hydrogen-bond acceptors (Lipinski definition) is 14. The monoisotopic (exact) mass is 940 g/mol. The van der Waals surface area contributed by atoms with Crippen LogP contribution in [0.3, 0.4) is 0 Å². The zero-order valence-electron chi connectivity index (χ0n) is 36.9. The number of benzene rings is 4. The summed E-state index contributed by atoms with van der Waals surface area (Å²) in [5.74, 6) is 1.28. The topological polar surface area (TPSA) is 172 Å². The first kappa shape index (κ1) is 44.9. The van der Waals surface area contributed by atoms with Crippen molar-refractivity contribution in [2.24, 2.45) is 0 Å². The van der Waals surface area contributed by atoms with Crippen molar-refractivity contribution >= 4 is 69.3 Å². The van der Waals surface area contributed by atoms with E-state index in [0.29, 0.717) is 70.0 Å². The van der Waals surface area contributed by atoms with E-state index in [-0.39, 0.29) is 23.4 Å². The SMILES string of the molecule is CC[C@@H]1C(=O)N(C)c2cnc(-c3cnsc3-c3ccc(F)cc3)nc2N1c1cccc(C#N)c1.CC[C@H]1C(=O)N(C)c2cnc(-c3cnsc3-c3ccc(F)cc3)nc2N1c1cccc(C#N)c1. The average Bonchev–Trinajstić information content (AvgIpc) is 4.08. The summed E-state index contributed by atoms with van der Waals surface area (Å²) in [5, 5.41) is 18.8. The summed E-state index contributed by atoms with van der Waals surface area (Å²) < 4.78 is 35.5. The van der Waals surface area contributed by atoms with Crippen LogP contribution in [0.1, 0.15) is 37.8 Å².